The van der Waals surface area contributed by atoms with Gasteiger partial charge in [-0.2, -0.15) is 0 Å². The number of rotatable bonds is 2. The van der Waals surface area contributed by atoms with E-state index < -0.39 is 0 Å². The lowest BCUT2D eigenvalue weighted by Crippen LogP contribution is -1.87. The number of halogens is 5. The molecule has 0 bridgehead atoms. The highest BCUT2D eigenvalue weighted by atomic mass is 35.5. The first-order valence-corrected chi connectivity index (χ1v) is 7.07. The maximum Gasteiger partial charge on any atom is 0.0672 e. The Balaban J connectivity index is 2.69. The molecular weight excluding hydrogens is 333 g/mol. The zero-order valence-electron chi connectivity index (χ0n) is 8.98. The number of alkyl halides is 1. The third-order valence-corrected chi connectivity index (χ3v) is 4.26. The smallest absolute Gasteiger partial charge is 0.0672 e. The lowest BCUT2D eigenvalue weighted by molar-refractivity contribution is 1.40. The van der Waals surface area contributed by atoms with E-state index in [-0.39, 0.29) is 0 Å². The molecule has 18 heavy (non-hydrogen) atoms. The van der Waals surface area contributed by atoms with Crippen molar-refractivity contribution in [3.05, 3.63) is 56.0 Å². The Morgan fingerprint density at radius 1 is 0.833 bits per heavy atom. The molecule has 0 nitrogen and oxygen atoms in total. The van der Waals surface area contributed by atoms with Crippen LogP contribution in [0.2, 0.25) is 20.1 Å². The predicted molar refractivity (Wildman–Crippen MR) is 81.5 cm³/mol. The highest BCUT2D eigenvalue weighted by Gasteiger charge is 2.13. The Morgan fingerprint density at radius 2 is 1.56 bits per heavy atom. The van der Waals surface area contributed by atoms with E-state index in [2.05, 4.69) is 0 Å². The van der Waals surface area contributed by atoms with Crippen LogP contribution in [0.25, 0.3) is 11.1 Å². The van der Waals surface area contributed by atoms with Gasteiger partial charge >= 0.3 is 0 Å². The number of hydrogen-bond acceptors (Lipinski definition) is 0. The van der Waals surface area contributed by atoms with E-state index in [0.717, 1.165) is 11.1 Å². The monoisotopic (exact) mass is 338 g/mol. The second-order valence-corrected chi connectivity index (χ2v) is 5.53. The molecule has 0 aliphatic carbocycles. The molecule has 0 unspecified atom stereocenters. The third-order valence-electron chi connectivity index (χ3n) is 2.51. The highest BCUT2D eigenvalue weighted by Crippen LogP contribution is 2.40. The first-order chi connectivity index (χ1) is 8.54. The molecule has 5 heteroatoms. The van der Waals surface area contributed by atoms with Crippen molar-refractivity contribution in [2.24, 2.45) is 0 Å². The summed E-state index contributed by atoms with van der Waals surface area (Å²) in [6.07, 6.45) is 0. The minimum absolute atomic E-state index is 0.332. The molecule has 0 amide bonds. The van der Waals surface area contributed by atoms with Gasteiger partial charge in [0.15, 0.2) is 0 Å². The van der Waals surface area contributed by atoms with Crippen LogP contribution in [0.4, 0.5) is 0 Å². The molecule has 0 aliphatic heterocycles. The Labute approximate surface area is 130 Å². The standard InChI is InChI=1S/C13H7Cl5/c14-6-7-2-1-3-9(12(7)17)10-4-8(15)5-11(16)13(10)18/h1-5H,6H2. The summed E-state index contributed by atoms with van der Waals surface area (Å²) in [4.78, 5) is 0. The molecule has 0 atom stereocenters. The van der Waals surface area contributed by atoms with Gasteiger partial charge < -0.3 is 0 Å². The van der Waals surface area contributed by atoms with Crippen molar-refractivity contribution in [1.82, 2.24) is 0 Å². The van der Waals surface area contributed by atoms with Crippen LogP contribution < -0.4 is 0 Å². The largest absolute Gasteiger partial charge is 0.121 e. The second kappa shape index (κ2) is 5.90. The van der Waals surface area contributed by atoms with Crippen LogP contribution in [0.5, 0.6) is 0 Å². The minimum atomic E-state index is 0.332. The number of benzene rings is 2. The summed E-state index contributed by atoms with van der Waals surface area (Å²) < 4.78 is 0. The van der Waals surface area contributed by atoms with Crippen LogP contribution in [-0.2, 0) is 5.88 Å². The first-order valence-electron chi connectivity index (χ1n) is 5.03. The van der Waals surface area contributed by atoms with Gasteiger partial charge in [-0.05, 0) is 17.7 Å². The average molecular weight is 340 g/mol. The van der Waals surface area contributed by atoms with E-state index in [1.807, 2.05) is 18.2 Å². The summed E-state index contributed by atoms with van der Waals surface area (Å²) >= 11 is 30.3. The summed E-state index contributed by atoms with van der Waals surface area (Å²) in [5, 5.41) is 1.89. The van der Waals surface area contributed by atoms with Crippen molar-refractivity contribution in [2.45, 2.75) is 5.88 Å². The van der Waals surface area contributed by atoms with E-state index in [1.54, 1.807) is 12.1 Å². The zero-order valence-corrected chi connectivity index (χ0v) is 12.8. The Hall–Kier alpha value is -0.110. The fourth-order valence-electron chi connectivity index (χ4n) is 1.64. The van der Waals surface area contributed by atoms with Crippen LogP contribution in [0.15, 0.2) is 30.3 Å². The molecule has 0 radical (unpaired) electrons. The molecule has 0 aromatic heterocycles. The van der Waals surface area contributed by atoms with Gasteiger partial charge in [-0.1, -0.05) is 64.6 Å². The van der Waals surface area contributed by atoms with Crippen molar-refractivity contribution in [3.8, 4) is 11.1 Å². The van der Waals surface area contributed by atoms with Gasteiger partial charge in [0, 0.05) is 22.0 Å². The maximum absolute atomic E-state index is 6.29. The Bertz CT molecular complexity index is 592. The molecule has 0 saturated heterocycles. The average Bonchev–Trinajstić information content (AvgIpc) is 2.34. The molecule has 2 aromatic rings. The normalized spacial score (nSPS) is 10.7. The van der Waals surface area contributed by atoms with Crippen LogP contribution in [0, 0.1) is 0 Å². The highest BCUT2D eigenvalue weighted by molar-refractivity contribution is 6.45. The van der Waals surface area contributed by atoms with E-state index >= 15 is 0 Å². The Kier molecular flexibility index (Phi) is 4.69. The van der Waals surface area contributed by atoms with E-state index in [1.165, 1.54) is 0 Å². The van der Waals surface area contributed by atoms with Crippen LogP contribution in [0.1, 0.15) is 5.56 Å². The molecule has 94 valence electrons. The van der Waals surface area contributed by atoms with Crippen molar-refractivity contribution >= 4 is 58.0 Å². The second-order valence-electron chi connectivity index (χ2n) is 3.66. The quantitative estimate of drug-likeness (QED) is 0.421. The van der Waals surface area contributed by atoms with Crippen molar-refractivity contribution in [1.29, 1.82) is 0 Å². The predicted octanol–water partition coefficient (Wildman–Crippen LogP) is 6.71. The van der Waals surface area contributed by atoms with Gasteiger partial charge in [0.2, 0.25) is 0 Å². The fourth-order valence-corrected chi connectivity index (χ4v) is 2.93. The first kappa shape index (κ1) is 14.3. The van der Waals surface area contributed by atoms with Crippen molar-refractivity contribution in [2.75, 3.05) is 0 Å². The molecule has 2 aromatic carbocycles. The molecule has 0 heterocycles. The molecule has 0 fully saturated rings. The van der Waals surface area contributed by atoms with Gasteiger partial charge in [-0.3, -0.25) is 0 Å². The summed E-state index contributed by atoms with van der Waals surface area (Å²) in [6.45, 7) is 0. The third kappa shape index (κ3) is 2.74. The van der Waals surface area contributed by atoms with Crippen LogP contribution in [-0.4, -0.2) is 0 Å². The topological polar surface area (TPSA) is 0 Å². The SMILES string of the molecule is ClCc1cccc(-c2cc(Cl)cc(Cl)c2Cl)c1Cl. The molecule has 2 rings (SSSR count). The van der Waals surface area contributed by atoms with Gasteiger partial charge in [0.25, 0.3) is 0 Å². The molecule has 0 spiro atoms. The van der Waals surface area contributed by atoms with E-state index in [4.69, 9.17) is 58.0 Å². The van der Waals surface area contributed by atoms with Crippen LogP contribution in [0.3, 0.4) is 0 Å². The molecule has 0 N–H and O–H groups in total. The van der Waals surface area contributed by atoms with Crippen LogP contribution >= 0.6 is 58.0 Å². The lowest BCUT2D eigenvalue weighted by Gasteiger charge is -2.11. The van der Waals surface area contributed by atoms with Gasteiger partial charge in [-0.25, -0.2) is 0 Å². The van der Waals surface area contributed by atoms with E-state index in [9.17, 15) is 0 Å². The van der Waals surface area contributed by atoms with Gasteiger partial charge in [0.05, 0.1) is 15.1 Å². The lowest BCUT2D eigenvalue weighted by atomic mass is 10.0. The minimum Gasteiger partial charge on any atom is -0.121 e. The zero-order chi connectivity index (χ0) is 13.3. The molecular formula is C13H7Cl5. The van der Waals surface area contributed by atoms with Crippen molar-refractivity contribution < 1.29 is 0 Å². The summed E-state index contributed by atoms with van der Waals surface area (Å²) in [5.41, 5.74) is 2.30. The van der Waals surface area contributed by atoms with Gasteiger partial charge in [-0.15, -0.1) is 11.6 Å². The summed E-state index contributed by atoms with van der Waals surface area (Å²) in [6, 6.07) is 8.90. The fraction of sp³-hybridized carbons (Fsp3) is 0.0769. The van der Waals surface area contributed by atoms with Crippen molar-refractivity contribution in [3.63, 3.8) is 0 Å². The van der Waals surface area contributed by atoms with E-state index in [0.29, 0.717) is 31.5 Å². The summed E-state index contributed by atoms with van der Waals surface area (Å²) in [7, 11) is 0. The molecule has 0 aliphatic rings. The molecule has 0 saturated carbocycles. The summed E-state index contributed by atoms with van der Waals surface area (Å²) in [5.74, 6) is 0.332. The van der Waals surface area contributed by atoms with Gasteiger partial charge in [0.1, 0.15) is 0 Å². The maximum atomic E-state index is 6.29. The number of hydrogen-bond donors (Lipinski definition) is 0. The Morgan fingerprint density at radius 3 is 2.22 bits per heavy atom.